The summed E-state index contributed by atoms with van der Waals surface area (Å²) in [4.78, 5) is 17.8. The molecule has 0 unspecified atom stereocenters. The van der Waals surface area contributed by atoms with Crippen LogP contribution >= 0.6 is 27.5 Å². The van der Waals surface area contributed by atoms with Gasteiger partial charge in [0.1, 0.15) is 5.82 Å². The second-order valence-corrected chi connectivity index (χ2v) is 4.94. The summed E-state index contributed by atoms with van der Waals surface area (Å²) in [6, 6.07) is 7.61. The second-order valence-electron chi connectivity index (χ2n) is 3.73. The third kappa shape index (κ3) is 2.91. The van der Waals surface area contributed by atoms with Crippen molar-refractivity contribution in [3.63, 3.8) is 0 Å². The summed E-state index contributed by atoms with van der Waals surface area (Å²) in [5.41, 5.74) is 1.53. The zero-order chi connectivity index (χ0) is 13.1. The molecule has 4 nitrogen and oxygen atoms in total. The van der Waals surface area contributed by atoms with Crippen LogP contribution in [0.4, 0.5) is 0 Å². The van der Waals surface area contributed by atoms with E-state index in [0.717, 1.165) is 10.0 Å². The monoisotopic (exact) mass is 328 g/mol. The first kappa shape index (κ1) is 13.1. The number of imidazole rings is 1. The first-order chi connectivity index (χ1) is 8.58. The zero-order valence-corrected chi connectivity index (χ0v) is 11.6. The Morgan fingerprint density at radius 3 is 2.83 bits per heavy atom. The van der Waals surface area contributed by atoms with Gasteiger partial charge in [0.15, 0.2) is 5.15 Å². The number of aromatic amines is 1. The summed E-state index contributed by atoms with van der Waals surface area (Å²) in [7, 11) is 0. The Labute approximate surface area is 117 Å². The highest BCUT2D eigenvalue weighted by Gasteiger charge is 2.12. The van der Waals surface area contributed by atoms with Gasteiger partial charge in [-0.25, -0.2) is 4.98 Å². The standard InChI is InChI=1S/C12H10BrClN2O2/c13-8-4-2-1-3-7(8)12-15-9(11(14)16-12)5-6-10(17)18/h1-4H,5-6H2,(H,15,16)(H,17,18). The van der Waals surface area contributed by atoms with Gasteiger partial charge in [0, 0.05) is 16.5 Å². The van der Waals surface area contributed by atoms with Crippen LogP contribution in [-0.4, -0.2) is 21.0 Å². The Kier molecular flexibility index (Phi) is 4.04. The molecule has 0 aliphatic carbocycles. The van der Waals surface area contributed by atoms with Gasteiger partial charge in [0.25, 0.3) is 0 Å². The van der Waals surface area contributed by atoms with Crippen molar-refractivity contribution in [1.82, 2.24) is 9.97 Å². The number of nitrogens with zero attached hydrogens (tertiary/aromatic N) is 1. The molecule has 2 N–H and O–H groups in total. The Morgan fingerprint density at radius 2 is 2.17 bits per heavy atom. The average molecular weight is 330 g/mol. The van der Waals surface area contributed by atoms with E-state index in [1.807, 2.05) is 24.3 Å². The lowest BCUT2D eigenvalue weighted by Crippen LogP contribution is -1.98. The lowest BCUT2D eigenvalue weighted by atomic mass is 10.2. The highest BCUT2D eigenvalue weighted by atomic mass is 79.9. The molecule has 1 heterocycles. The molecule has 0 aliphatic rings. The van der Waals surface area contributed by atoms with Gasteiger partial charge in [-0.2, -0.15) is 0 Å². The molecule has 0 spiro atoms. The minimum absolute atomic E-state index is 0.0251. The van der Waals surface area contributed by atoms with Crippen molar-refractivity contribution < 1.29 is 9.90 Å². The molecule has 6 heteroatoms. The number of rotatable bonds is 4. The van der Waals surface area contributed by atoms with Gasteiger partial charge < -0.3 is 10.1 Å². The van der Waals surface area contributed by atoms with Gasteiger partial charge in [-0.05, 0) is 6.07 Å². The number of hydrogen-bond acceptors (Lipinski definition) is 2. The molecule has 0 radical (unpaired) electrons. The molecule has 2 aromatic rings. The van der Waals surface area contributed by atoms with E-state index in [2.05, 4.69) is 25.9 Å². The number of carbonyl (C=O) groups is 1. The minimum Gasteiger partial charge on any atom is -0.481 e. The predicted octanol–water partition coefficient (Wildman–Crippen LogP) is 3.51. The molecule has 0 atom stereocenters. The Balaban J connectivity index is 2.29. The maximum atomic E-state index is 10.5. The molecule has 0 fully saturated rings. The summed E-state index contributed by atoms with van der Waals surface area (Å²) in [5, 5.41) is 8.97. The first-order valence-corrected chi connectivity index (χ1v) is 6.46. The number of benzene rings is 1. The van der Waals surface area contributed by atoms with Crippen LogP contribution < -0.4 is 0 Å². The van der Waals surface area contributed by atoms with E-state index in [-0.39, 0.29) is 6.42 Å². The van der Waals surface area contributed by atoms with Crippen LogP contribution in [0.3, 0.4) is 0 Å². The Bertz CT molecular complexity index is 583. The molecule has 2 rings (SSSR count). The van der Waals surface area contributed by atoms with E-state index in [1.165, 1.54) is 0 Å². The van der Waals surface area contributed by atoms with E-state index in [4.69, 9.17) is 16.7 Å². The number of nitrogens with one attached hydrogen (secondary N) is 1. The Hall–Kier alpha value is -1.33. The van der Waals surface area contributed by atoms with Crippen LogP contribution in [-0.2, 0) is 11.2 Å². The van der Waals surface area contributed by atoms with Gasteiger partial charge in [-0.3, -0.25) is 4.79 Å². The van der Waals surface area contributed by atoms with Crippen molar-refractivity contribution in [1.29, 1.82) is 0 Å². The van der Waals surface area contributed by atoms with Crippen LogP contribution in [0.25, 0.3) is 11.4 Å². The van der Waals surface area contributed by atoms with Crippen molar-refractivity contribution in [3.8, 4) is 11.4 Å². The quantitative estimate of drug-likeness (QED) is 0.902. The zero-order valence-electron chi connectivity index (χ0n) is 9.28. The number of hydrogen-bond donors (Lipinski definition) is 2. The van der Waals surface area contributed by atoms with E-state index in [0.29, 0.717) is 23.1 Å². The molecule has 94 valence electrons. The molecule has 0 saturated carbocycles. The van der Waals surface area contributed by atoms with E-state index < -0.39 is 5.97 Å². The van der Waals surface area contributed by atoms with Crippen molar-refractivity contribution in [2.45, 2.75) is 12.8 Å². The highest BCUT2D eigenvalue weighted by molar-refractivity contribution is 9.10. The summed E-state index contributed by atoms with van der Waals surface area (Å²) in [6.45, 7) is 0. The average Bonchev–Trinajstić information content (AvgIpc) is 2.68. The minimum atomic E-state index is -0.858. The van der Waals surface area contributed by atoms with Crippen molar-refractivity contribution >= 4 is 33.5 Å². The van der Waals surface area contributed by atoms with Gasteiger partial charge >= 0.3 is 5.97 Å². The van der Waals surface area contributed by atoms with Gasteiger partial charge in [-0.15, -0.1) is 0 Å². The largest absolute Gasteiger partial charge is 0.481 e. The lowest BCUT2D eigenvalue weighted by Gasteiger charge is -1.99. The van der Waals surface area contributed by atoms with Crippen molar-refractivity contribution in [3.05, 3.63) is 39.6 Å². The molecule has 0 bridgehead atoms. The highest BCUT2D eigenvalue weighted by Crippen LogP contribution is 2.28. The van der Waals surface area contributed by atoms with E-state index >= 15 is 0 Å². The first-order valence-electron chi connectivity index (χ1n) is 5.29. The van der Waals surface area contributed by atoms with Gasteiger partial charge in [-0.1, -0.05) is 45.7 Å². The number of H-pyrrole nitrogens is 1. The topological polar surface area (TPSA) is 66.0 Å². The van der Waals surface area contributed by atoms with Crippen LogP contribution in [0.1, 0.15) is 12.1 Å². The molecule has 0 saturated heterocycles. The van der Waals surface area contributed by atoms with Crippen molar-refractivity contribution in [2.75, 3.05) is 0 Å². The number of aromatic nitrogens is 2. The lowest BCUT2D eigenvalue weighted by molar-refractivity contribution is -0.136. The molecular formula is C12H10BrClN2O2. The smallest absolute Gasteiger partial charge is 0.303 e. The number of carboxylic acids is 1. The summed E-state index contributed by atoms with van der Waals surface area (Å²) in [6.07, 6.45) is 0.364. The molecule has 1 aromatic heterocycles. The number of aliphatic carboxylic acids is 1. The van der Waals surface area contributed by atoms with Crippen LogP contribution in [0.2, 0.25) is 5.15 Å². The number of carboxylic acid groups (broad SMARTS) is 1. The summed E-state index contributed by atoms with van der Waals surface area (Å²) >= 11 is 9.41. The maximum absolute atomic E-state index is 10.5. The second kappa shape index (κ2) is 5.54. The van der Waals surface area contributed by atoms with Crippen LogP contribution in [0.15, 0.2) is 28.7 Å². The van der Waals surface area contributed by atoms with E-state index in [1.54, 1.807) is 0 Å². The molecule has 0 amide bonds. The molecule has 0 aliphatic heterocycles. The number of aryl methyl sites for hydroxylation is 1. The SMILES string of the molecule is O=C(O)CCc1[nH]c(-c2ccccc2Br)nc1Cl. The summed E-state index contributed by atoms with van der Waals surface area (Å²) < 4.78 is 0.903. The molecule has 18 heavy (non-hydrogen) atoms. The maximum Gasteiger partial charge on any atom is 0.303 e. The third-order valence-corrected chi connectivity index (χ3v) is 3.45. The number of halogens is 2. The van der Waals surface area contributed by atoms with Crippen LogP contribution in [0.5, 0.6) is 0 Å². The normalized spacial score (nSPS) is 10.6. The fourth-order valence-corrected chi connectivity index (χ4v) is 2.27. The summed E-state index contributed by atoms with van der Waals surface area (Å²) in [5.74, 6) is -0.226. The van der Waals surface area contributed by atoms with E-state index in [9.17, 15) is 4.79 Å². The molecular weight excluding hydrogens is 320 g/mol. The van der Waals surface area contributed by atoms with Crippen molar-refractivity contribution in [2.24, 2.45) is 0 Å². The Morgan fingerprint density at radius 1 is 1.44 bits per heavy atom. The third-order valence-electron chi connectivity index (χ3n) is 2.45. The predicted molar refractivity (Wildman–Crippen MR) is 72.7 cm³/mol. The fourth-order valence-electron chi connectivity index (χ4n) is 1.57. The van der Waals surface area contributed by atoms with Gasteiger partial charge in [0.05, 0.1) is 12.1 Å². The molecule has 1 aromatic carbocycles. The van der Waals surface area contributed by atoms with Gasteiger partial charge in [0.2, 0.25) is 0 Å². The fraction of sp³-hybridized carbons (Fsp3) is 0.167. The van der Waals surface area contributed by atoms with Crippen LogP contribution in [0, 0.1) is 0 Å².